The molecule has 0 aromatic heterocycles. The molecule has 0 N–H and O–H groups in total. The first-order valence-electron chi connectivity index (χ1n) is 8.50. The Labute approximate surface area is 151 Å². The average molecular weight is 342 g/mol. The van der Waals surface area contributed by atoms with Crippen LogP contribution in [0.2, 0.25) is 0 Å². The van der Waals surface area contributed by atoms with E-state index >= 15 is 0 Å². The first-order chi connectivity index (χ1) is 12.6. The van der Waals surface area contributed by atoms with E-state index in [1.165, 1.54) is 0 Å². The summed E-state index contributed by atoms with van der Waals surface area (Å²) in [4.78, 5) is 12.4. The molecule has 0 atom stereocenters. The van der Waals surface area contributed by atoms with Crippen LogP contribution in [0.1, 0.15) is 11.1 Å². The van der Waals surface area contributed by atoms with E-state index in [-0.39, 0.29) is 0 Å². The number of hydrogen-bond donors (Lipinski definition) is 0. The zero-order valence-corrected chi connectivity index (χ0v) is 14.7. The number of para-hydroxylation sites is 1. The van der Waals surface area contributed by atoms with Gasteiger partial charge in [0.05, 0.1) is 0 Å². The lowest BCUT2D eigenvalue weighted by Crippen LogP contribution is -2.14. The van der Waals surface area contributed by atoms with Gasteiger partial charge in [0, 0.05) is 10.8 Å². The Kier molecular flexibility index (Phi) is 4.05. The molecule has 0 bridgehead atoms. The summed E-state index contributed by atoms with van der Waals surface area (Å²) in [6.45, 7) is 4.08. The number of benzene rings is 4. The highest BCUT2D eigenvalue weighted by atomic mass is 16.7. The van der Waals surface area contributed by atoms with E-state index in [0.29, 0.717) is 11.5 Å². The summed E-state index contributed by atoms with van der Waals surface area (Å²) in [7, 11) is 0. The van der Waals surface area contributed by atoms with Crippen LogP contribution < -0.4 is 9.47 Å². The summed E-state index contributed by atoms with van der Waals surface area (Å²) in [5, 5.41) is 3.93. The zero-order chi connectivity index (χ0) is 18.1. The van der Waals surface area contributed by atoms with E-state index in [1.807, 2.05) is 55.5 Å². The van der Waals surface area contributed by atoms with Crippen LogP contribution in [0.5, 0.6) is 11.5 Å². The highest BCUT2D eigenvalue weighted by Gasteiger charge is 2.17. The molecule has 128 valence electrons. The van der Waals surface area contributed by atoms with Crippen LogP contribution in [0.3, 0.4) is 0 Å². The standard InChI is InChI=1S/C23H18O3/c1-15-12-13-16(2)21-20(15)14-17-8-6-7-11-19(17)22(21)26-23(24)25-18-9-4-3-5-10-18/h3-14H,1-2H3. The monoisotopic (exact) mass is 342 g/mol. The molecule has 0 aliphatic rings. The van der Waals surface area contributed by atoms with E-state index in [9.17, 15) is 4.79 Å². The first kappa shape index (κ1) is 16.2. The highest BCUT2D eigenvalue weighted by molar-refractivity contribution is 6.08. The Morgan fingerprint density at radius 3 is 2.23 bits per heavy atom. The minimum Gasteiger partial charge on any atom is -0.395 e. The van der Waals surface area contributed by atoms with E-state index in [0.717, 1.165) is 32.7 Å². The van der Waals surface area contributed by atoms with Crippen molar-refractivity contribution in [3.8, 4) is 11.5 Å². The topological polar surface area (TPSA) is 35.5 Å². The quantitative estimate of drug-likeness (QED) is 0.248. The van der Waals surface area contributed by atoms with E-state index in [4.69, 9.17) is 9.47 Å². The third kappa shape index (κ3) is 2.88. The maximum absolute atomic E-state index is 12.4. The van der Waals surface area contributed by atoms with Gasteiger partial charge in [-0.1, -0.05) is 54.6 Å². The van der Waals surface area contributed by atoms with Crippen molar-refractivity contribution >= 4 is 27.7 Å². The molecule has 4 aromatic rings. The largest absolute Gasteiger partial charge is 0.519 e. The predicted octanol–water partition coefficient (Wildman–Crippen LogP) is 6.19. The van der Waals surface area contributed by atoms with Gasteiger partial charge in [-0.15, -0.1) is 0 Å². The van der Waals surface area contributed by atoms with Gasteiger partial charge in [0.15, 0.2) is 0 Å². The normalized spacial score (nSPS) is 10.8. The van der Waals surface area contributed by atoms with Crippen LogP contribution in [0.25, 0.3) is 21.5 Å². The third-order valence-corrected chi connectivity index (χ3v) is 4.53. The second kappa shape index (κ2) is 6.52. The van der Waals surface area contributed by atoms with Crippen molar-refractivity contribution in [3.63, 3.8) is 0 Å². The molecule has 0 amide bonds. The molecule has 0 spiro atoms. The molecule has 0 aliphatic carbocycles. The average Bonchev–Trinajstić information content (AvgIpc) is 2.65. The highest BCUT2D eigenvalue weighted by Crippen LogP contribution is 2.38. The Balaban J connectivity index is 1.86. The molecule has 0 unspecified atom stereocenters. The minimum absolute atomic E-state index is 0.454. The number of ether oxygens (including phenoxy) is 2. The molecule has 4 aromatic carbocycles. The molecule has 0 fully saturated rings. The number of hydrogen-bond acceptors (Lipinski definition) is 3. The Bertz CT molecular complexity index is 1110. The lowest BCUT2D eigenvalue weighted by atomic mass is 9.96. The first-order valence-corrected chi connectivity index (χ1v) is 8.50. The summed E-state index contributed by atoms with van der Waals surface area (Å²) in [5.41, 5.74) is 2.19. The lowest BCUT2D eigenvalue weighted by Gasteiger charge is -2.15. The van der Waals surface area contributed by atoms with Crippen molar-refractivity contribution in [2.75, 3.05) is 0 Å². The van der Waals surface area contributed by atoms with Crippen LogP contribution in [0, 0.1) is 13.8 Å². The van der Waals surface area contributed by atoms with E-state index < -0.39 is 6.16 Å². The second-order valence-corrected chi connectivity index (χ2v) is 6.32. The maximum atomic E-state index is 12.4. The van der Waals surface area contributed by atoms with E-state index in [2.05, 4.69) is 19.1 Å². The number of fused-ring (bicyclic) bond motifs is 2. The lowest BCUT2D eigenvalue weighted by molar-refractivity contribution is 0.153. The molecule has 0 saturated carbocycles. The molecule has 0 heterocycles. The second-order valence-electron chi connectivity index (χ2n) is 6.32. The molecular weight excluding hydrogens is 324 g/mol. The van der Waals surface area contributed by atoms with Crippen LogP contribution in [0.4, 0.5) is 4.79 Å². The Hall–Kier alpha value is -3.33. The number of carbonyl (C=O) groups excluding carboxylic acids is 1. The molecule has 0 saturated heterocycles. The van der Waals surface area contributed by atoms with Gasteiger partial charge in [-0.3, -0.25) is 0 Å². The van der Waals surface area contributed by atoms with Crippen molar-refractivity contribution in [2.24, 2.45) is 0 Å². The Morgan fingerprint density at radius 1 is 0.731 bits per heavy atom. The molecule has 3 nitrogen and oxygen atoms in total. The van der Waals surface area contributed by atoms with Crippen molar-refractivity contribution in [2.45, 2.75) is 13.8 Å². The predicted molar refractivity (Wildman–Crippen MR) is 104 cm³/mol. The molecular formula is C23H18O3. The van der Waals surface area contributed by atoms with Gasteiger partial charge >= 0.3 is 6.16 Å². The third-order valence-electron chi connectivity index (χ3n) is 4.53. The van der Waals surface area contributed by atoms with E-state index in [1.54, 1.807) is 12.1 Å². The van der Waals surface area contributed by atoms with Gasteiger partial charge < -0.3 is 9.47 Å². The van der Waals surface area contributed by atoms with Crippen molar-refractivity contribution in [1.29, 1.82) is 0 Å². The SMILES string of the molecule is Cc1ccc(C)c2c(OC(=O)Oc3ccccc3)c3ccccc3cc12. The zero-order valence-electron chi connectivity index (χ0n) is 14.7. The smallest absolute Gasteiger partial charge is 0.395 e. The summed E-state index contributed by atoms with van der Waals surface area (Å²) in [5.74, 6) is 0.996. The van der Waals surface area contributed by atoms with Crippen LogP contribution in [-0.4, -0.2) is 6.16 Å². The van der Waals surface area contributed by atoms with Gasteiger partial charge in [0.1, 0.15) is 11.5 Å². The molecule has 26 heavy (non-hydrogen) atoms. The molecule has 0 radical (unpaired) electrons. The van der Waals surface area contributed by atoms with Crippen molar-refractivity contribution in [1.82, 2.24) is 0 Å². The van der Waals surface area contributed by atoms with Gasteiger partial charge in [-0.2, -0.15) is 0 Å². The van der Waals surface area contributed by atoms with Crippen LogP contribution in [0.15, 0.2) is 72.8 Å². The fourth-order valence-electron chi connectivity index (χ4n) is 3.23. The maximum Gasteiger partial charge on any atom is 0.519 e. The number of carbonyl (C=O) groups is 1. The van der Waals surface area contributed by atoms with Crippen LogP contribution >= 0.6 is 0 Å². The molecule has 4 rings (SSSR count). The van der Waals surface area contributed by atoms with Crippen LogP contribution in [-0.2, 0) is 0 Å². The fourth-order valence-corrected chi connectivity index (χ4v) is 3.23. The van der Waals surface area contributed by atoms with Gasteiger partial charge in [-0.25, -0.2) is 4.79 Å². The molecule has 3 heteroatoms. The Morgan fingerprint density at radius 2 is 1.42 bits per heavy atom. The van der Waals surface area contributed by atoms with Gasteiger partial charge in [0.2, 0.25) is 0 Å². The summed E-state index contributed by atoms with van der Waals surface area (Å²) >= 11 is 0. The van der Waals surface area contributed by atoms with Crippen molar-refractivity contribution < 1.29 is 14.3 Å². The fraction of sp³-hybridized carbons (Fsp3) is 0.0870. The summed E-state index contributed by atoms with van der Waals surface area (Å²) in [6, 6.07) is 23.1. The van der Waals surface area contributed by atoms with Gasteiger partial charge in [-0.05, 0) is 53.9 Å². The number of rotatable bonds is 2. The van der Waals surface area contributed by atoms with Crippen molar-refractivity contribution in [3.05, 3.63) is 83.9 Å². The molecule has 0 aliphatic heterocycles. The van der Waals surface area contributed by atoms with Gasteiger partial charge in [0.25, 0.3) is 0 Å². The number of aryl methyl sites for hydroxylation is 2. The summed E-state index contributed by atoms with van der Waals surface area (Å²) < 4.78 is 11.0. The minimum atomic E-state index is -0.741. The summed E-state index contributed by atoms with van der Waals surface area (Å²) in [6.07, 6.45) is -0.741.